The van der Waals surface area contributed by atoms with Crippen LogP contribution in [0.25, 0.3) is 11.4 Å². The number of amides is 1. The normalized spacial score (nSPS) is 14.8. The Labute approximate surface area is 127 Å². The molecule has 0 atom stereocenters. The highest BCUT2D eigenvalue weighted by atomic mass is 19.4. The molecule has 0 unspecified atom stereocenters. The molecule has 1 fully saturated rings. The van der Waals surface area contributed by atoms with E-state index in [4.69, 9.17) is 0 Å². The molecule has 2 aromatic rings. The van der Waals surface area contributed by atoms with Crippen molar-refractivity contribution in [1.82, 2.24) is 15.5 Å². The molecule has 3 rings (SSSR count). The van der Waals surface area contributed by atoms with Gasteiger partial charge < -0.3 is 9.84 Å². The number of hydrogen-bond acceptors (Lipinski definition) is 4. The first-order valence-corrected chi connectivity index (χ1v) is 6.82. The van der Waals surface area contributed by atoms with Crippen LogP contribution in [0.3, 0.4) is 0 Å². The number of rotatable bonds is 4. The maximum Gasteiger partial charge on any atom is 0.471 e. The molecular weight excluding hydrogens is 318 g/mol. The van der Waals surface area contributed by atoms with Crippen LogP contribution in [-0.4, -0.2) is 16.0 Å². The van der Waals surface area contributed by atoms with Crippen LogP contribution in [0.2, 0.25) is 0 Å². The Kier molecular flexibility index (Phi) is 3.78. The zero-order valence-corrected chi connectivity index (χ0v) is 11.7. The SMILES string of the molecule is O=C(NCc1ccc(-c2noc(C(F)(F)F)n2)cc1F)C1CC1. The molecule has 0 saturated heterocycles. The minimum atomic E-state index is -4.75. The molecular formula is C14H11F4N3O2. The van der Waals surface area contributed by atoms with E-state index in [1.807, 2.05) is 0 Å². The van der Waals surface area contributed by atoms with E-state index >= 15 is 0 Å². The summed E-state index contributed by atoms with van der Waals surface area (Å²) in [6, 6.07) is 3.73. The van der Waals surface area contributed by atoms with Gasteiger partial charge in [-0.25, -0.2) is 4.39 Å². The first-order valence-electron chi connectivity index (χ1n) is 6.82. The van der Waals surface area contributed by atoms with Crippen molar-refractivity contribution in [1.29, 1.82) is 0 Å². The molecule has 122 valence electrons. The Balaban J connectivity index is 1.73. The third kappa shape index (κ3) is 3.49. The second-order valence-electron chi connectivity index (χ2n) is 5.22. The van der Waals surface area contributed by atoms with E-state index in [1.165, 1.54) is 12.1 Å². The van der Waals surface area contributed by atoms with Crippen LogP contribution in [0.4, 0.5) is 17.6 Å². The number of benzene rings is 1. The number of aromatic nitrogens is 2. The zero-order valence-electron chi connectivity index (χ0n) is 11.7. The van der Waals surface area contributed by atoms with Crippen molar-refractivity contribution in [2.45, 2.75) is 25.6 Å². The summed E-state index contributed by atoms with van der Waals surface area (Å²) in [5, 5.41) is 5.79. The summed E-state index contributed by atoms with van der Waals surface area (Å²) in [4.78, 5) is 14.7. The highest BCUT2D eigenvalue weighted by Gasteiger charge is 2.38. The zero-order chi connectivity index (χ0) is 16.6. The molecule has 23 heavy (non-hydrogen) atoms. The molecule has 1 N–H and O–H groups in total. The van der Waals surface area contributed by atoms with Gasteiger partial charge in [0, 0.05) is 23.6 Å². The topological polar surface area (TPSA) is 68.0 Å². The lowest BCUT2D eigenvalue weighted by Crippen LogP contribution is -2.24. The van der Waals surface area contributed by atoms with Crippen molar-refractivity contribution in [2.75, 3.05) is 0 Å². The van der Waals surface area contributed by atoms with E-state index in [9.17, 15) is 22.4 Å². The van der Waals surface area contributed by atoms with Gasteiger partial charge in [0.05, 0.1) is 0 Å². The number of carbonyl (C=O) groups is 1. The van der Waals surface area contributed by atoms with Gasteiger partial charge in [-0.15, -0.1) is 0 Å². The van der Waals surface area contributed by atoms with Gasteiger partial charge in [-0.2, -0.15) is 18.2 Å². The maximum absolute atomic E-state index is 14.0. The molecule has 1 aromatic carbocycles. The largest absolute Gasteiger partial charge is 0.471 e. The lowest BCUT2D eigenvalue weighted by Gasteiger charge is -2.06. The van der Waals surface area contributed by atoms with Gasteiger partial charge >= 0.3 is 12.1 Å². The lowest BCUT2D eigenvalue weighted by molar-refractivity contribution is -0.159. The Morgan fingerprint density at radius 3 is 2.65 bits per heavy atom. The Morgan fingerprint density at radius 1 is 1.35 bits per heavy atom. The Bertz CT molecular complexity index is 738. The fourth-order valence-corrected chi connectivity index (χ4v) is 1.96. The van der Waals surface area contributed by atoms with Crippen LogP contribution in [-0.2, 0) is 17.5 Å². The summed E-state index contributed by atoms with van der Waals surface area (Å²) in [6.07, 6.45) is -3.07. The first kappa shape index (κ1) is 15.4. The molecule has 1 aromatic heterocycles. The van der Waals surface area contributed by atoms with Crippen LogP contribution in [0.15, 0.2) is 22.7 Å². The molecule has 1 saturated carbocycles. The van der Waals surface area contributed by atoms with Crippen molar-refractivity contribution < 1.29 is 26.9 Å². The summed E-state index contributed by atoms with van der Waals surface area (Å²) >= 11 is 0. The van der Waals surface area contributed by atoms with Crippen molar-refractivity contribution in [2.24, 2.45) is 5.92 Å². The van der Waals surface area contributed by atoms with Crippen LogP contribution in [0, 0.1) is 11.7 Å². The summed E-state index contributed by atoms with van der Waals surface area (Å²) in [5.74, 6) is -2.63. The molecule has 0 spiro atoms. The van der Waals surface area contributed by atoms with Gasteiger partial charge in [-0.1, -0.05) is 17.3 Å². The van der Waals surface area contributed by atoms with E-state index in [0.717, 1.165) is 18.9 Å². The van der Waals surface area contributed by atoms with Gasteiger partial charge in [0.2, 0.25) is 11.7 Å². The van der Waals surface area contributed by atoms with E-state index in [0.29, 0.717) is 0 Å². The average Bonchev–Trinajstić information content (AvgIpc) is 3.21. The van der Waals surface area contributed by atoms with Gasteiger partial charge in [-0.05, 0) is 18.9 Å². The Morgan fingerprint density at radius 2 is 2.09 bits per heavy atom. The molecule has 0 radical (unpaired) electrons. The van der Waals surface area contributed by atoms with Crippen molar-refractivity contribution >= 4 is 5.91 Å². The number of hydrogen-bond donors (Lipinski definition) is 1. The van der Waals surface area contributed by atoms with Crippen LogP contribution >= 0.6 is 0 Å². The van der Waals surface area contributed by atoms with E-state index < -0.39 is 17.9 Å². The number of carbonyl (C=O) groups excluding carboxylic acids is 1. The fourth-order valence-electron chi connectivity index (χ4n) is 1.96. The molecule has 1 amide bonds. The average molecular weight is 329 g/mol. The molecule has 5 nitrogen and oxygen atoms in total. The Hall–Kier alpha value is -2.45. The first-order chi connectivity index (χ1) is 10.8. The summed E-state index contributed by atoms with van der Waals surface area (Å²) in [7, 11) is 0. The molecule has 1 heterocycles. The maximum atomic E-state index is 14.0. The van der Waals surface area contributed by atoms with Crippen molar-refractivity contribution in [3.05, 3.63) is 35.5 Å². The predicted octanol–water partition coefficient (Wildman–Crippen LogP) is 2.92. The van der Waals surface area contributed by atoms with E-state index in [2.05, 4.69) is 20.0 Å². The molecule has 0 aliphatic heterocycles. The lowest BCUT2D eigenvalue weighted by atomic mass is 10.1. The van der Waals surface area contributed by atoms with Gasteiger partial charge in [-0.3, -0.25) is 4.79 Å². The molecule has 0 bridgehead atoms. The fraction of sp³-hybridized carbons (Fsp3) is 0.357. The van der Waals surface area contributed by atoms with Gasteiger partial charge in [0.15, 0.2) is 0 Å². The standard InChI is InChI=1S/C14H11F4N3O2/c15-10-5-8(11-20-13(23-21-11)14(16,17)18)3-4-9(10)6-19-12(22)7-1-2-7/h3-5,7H,1-2,6H2,(H,19,22). The van der Waals surface area contributed by atoms with Gasteiger partial charge in [0.25, 0.3) is 0 Å². The van der Waals surface area contributed by atoms with Crippen molar-refractivity contribution in [3.8, 4) is 11.4 Å². The number of halogens is 4. The van der Waals surface area contributed by atoms with Crippen LogP contribution in [0.1, 0.15) is 24.3 Å². The summed E-state index contributed by atoms with van der Waals surface area (Å²) in [6.45, 7) is 0.0154. The number of alkyl halides is 3. The third-order valence-electron chi connectivity index (χ3n) is 3.38. The minimum absolute atomic E-state index is 0.0115. The van der Waals surface area contributed by atoms with Crippen LogP contribution < -0.4 is 5.32 Å². The van der Waals surface area contributed by atoms with E-state index in [-0.39, 0.29) is 35.3 Å². The highest BCUT2D eigenvalue weighted by molar-refractivity contribution is 5.80. The van der Waals surface area contributed by atoms with Crippen LogP contribution in [0.5, 0.6) is 0 Å². The number of nitrogens with zero attached hydrogens (tertiary/aromatic N) is 2. The van der Waals surface area contributed by atoms with Crippen molar-refractivity contribution in [3.63, 3.8) is 0 Å². The summed E-state index contributed by atoms with van der Waals surface area (Å²) in [5.41, 5.74) is 0.279. The molecule has 1 aliphatic rings. The second kappa shape index (κ2) is 5.64. The highest BCUT2D eigenvalue weighted by Crippen LogP contribution is 2.30. The molecule has 1 aliphatic carbocycles. The quantitative estimate of drug-likeness (QED) is 0.876. The van der Waals surface area contributed by atoms with E-state index in [1.54, 1.807) is 0 Å². The predicted molar refractivity (Wildman–Crippen MR) is 69.3 cm³/mol. The monoisotopic (exact) mass is 329 g/mol. The van der Waals surface area contributed by atoms with Gasteiger partial charge in [0.1, 0.15) is 5.82 Å². The second-order valence-corrected chi connectivity index (χ2v) is 5.22. The summed E-state index contributed by atoms with van der Waals surface area (Å²) < 4.78 is 55.3. The minimum Gasteiger partial charge on any atom is -0.352 e. The third-order valence-corrected chi connectivity index (χ3v) is 3.38. The smallest absolute Gasteiger partial charge is 0.352 e. The number of nitrogens with one attached hydrogen (secondary N) is 1. The molecule has 9 heteroatoms.